The predicted octanol–water partition coefficient (Wildman–Crippen LogP) is 2.70. The molecule has 1 saturated carbocycles. The van der Waals surface area contributed by atoms with Gasteiger partial charge in [0.15, 0.2) is 0 Å². The van der Waals surface area contributed by atoms with Gasteiger partial charge in [-0.2, -0.15) is 0 Å². The quantitative estimate of drug-likeness (QED) is 0.789. The number of aliphatic hydroxyl groups excluding tert-OH is 1. The smallest absolute Gasteiger partial charge is 0.0803 e. The molecule has 1 aromatic rings. The van der Waals surface area contributed by atoms with Crippen LogP contribution < -0.4 is 5.32 Å². The highest BCUT2D eigenvalue weighted by atomic mass is 16.3. The second kappa shape index (κ2) is 5.91. The van der Waals surface area contributed by atoms with Crippen molar-refractivity contribution in [2.75, 3.05) is 13.2 Å². The molecule has 0 saturated heterocycles. The van der Waals surface area contributed by atoms with Gasteiger partial charge >= 0.3 is 0 Å². The molecule has 0 bridgehead atoms. The van der Waals surface area contributed by atoms with E-state index in [2.05, 4.69) is 48.3 Å². The van der Waals surface area contributed by atoms with Gasteiger partial charge in [0.2, 0.25) is 0 Å². The first kappa shape index (κ1) is 14.8. The Morgan fingerprint density at radius 1 is 1.29 bits per heavy atom. The number of hydrogen-bond donors (Lipinski definition) is 2. The van der Waals surface area contributed by atoms with Gasteiger partial charge in [0.1, 0.15) is 0 Å². The van der Waals surface area contributed by atoms with Crippen molar-refractivity contribution in [1.82, 2.24) is 10.2 Å². The van der Waals surface area contributed by atoms with Crippen molar-refractivity contribution in [1.29, 1.82) is 0 Å². The minimum atomic E-state index is -0.0511. The van der Waals surface area contributed by atoms with E-state index in [0.717, 1.165) is 12.5 Å². The maximum absolute atomic E-state index is 9.98. The maximum atomic E-state index is 9.98. The Morgan fingerprint density at radius 3 is 2.62 bits per heavy atom. The van der Waals surface area contributed by atoms with E-state index in [0.29, 0.717) is 0 Å². The van der Waals surface area contributed by atoms with Crippen LogP contribution in [-0.4, -0.2) is 34.9 Å². The summed E-state index contributed by atoms with van der Waals surface area (Å²) in [6.45, 7) is 5.65. The van der Waals surface area contributed by atoms with Gasteiger partial charge in [-0.3, -0.25) is 10.2 Å². The number of nitrogens with zero attached hydrogens (tertiary/aromatic N) is 1. The van der Waals surface area contributed by atoms with Crippen molar-refractivity contribution >= 4 is 0 Å². The van der Waals surface area contributed by atoms with Crippen LogP contribution in [0, 0.1) is 5.92 Å². The summed E-state index contributed by atoms with van der Waals surface area (Å²) in [6, 6.07) is 10.3. The topological polar surface area (TPSA) is 35.5 Å². The molecule has 1 unspecified atom stereocenters. The highest BCUT2D eigenvalue weighted by Gasteiger charge is 2.40. The average molecular weight is 286 g/mol. The van der Waals surface area contributed by atoms with E-state index in [9.17, 15) is 5.11 Å². The zero-order chi connectivity index (χ0) is 14.9. The van der Waals surface area contributed by atoms with Crippen molar-refractivity contribution < 1.29 is 5.11 Å². The van der Waals surface area contributed by atoms with Crippen molar-refractivity contribution in [3.63, 3.8) is 0 Å². The van der Waals surface area contributed by atoms with E-state index in [1.807, 2.05) is 18.2 Å². The maximum Gasteiger partial charge on any atom is 0.0803 e. The molecule has 0 radical (unpaired) electrons. The lowest BCUT2D eigenvalue weighted by molar-refractivity contribution is 0.0378. The minimum absolute atomic E-state index is 0.0212. The first-order chi connectivity index (χ1) is 10.1. The fourth-order valence-electron chi connectivity index (χ4n) is 3.26. The van der Waals surface area contributed by atoms with E-state index in [1.165, 1.54) is 18.4 Å². The Hall–Kier alpha value is -1.16. The first-order valence-corrected chi connectivity index (χ1v) is 7.99. The summed E-state index contributed by atoms with van der Waals surface area (Å²) in [4.78, 5) is 2.39. The summed E-state index contributed by atoms with van der Waals surface area (Å²) in [5, 5.41) is 13.6. The zero-order valence-electron chi connectivity index (χ0n) is 13.0. The van der Waals surface area contributed by atoms with E-state index in [1.54, 1.807) is 0 Å². The van der Waals surface area contributed by atoms with E-state index < -0.39 is 0 Å². The molecule has 0 spiro atoms. The lowest BCUT2D eigenvalue weighted by Crippen LogP contribution is -2.52. The Kier molecular flexibility index (Phi) is 4.16. The van der Waals surface area contributed by atoms with Crippen LogP contribution in [0.2, 0.25) is 0 Å². The van der Waals surface area contributed by atoms with Gasteiger partial charge in [0, 0.05) is 5.54 Å². The molecule has 1 aromatic carbocycles. The number of rotatable bonds is 6. The standard InChI is InChI=1S/C18H26N2O/c1-18(2)11-10-17(19-12-14-8-9-14)20(18)16(13-21)15-6-4-3-5-7-15/h3-7,10-11,14,16-17,19,21H,8-9,12-13H2,1-2H3/t16?,17-/m0/s1. The van der Waals surface area contributed by atoms with Crippen molar-refractivity contribution in [2.24, 2.45) is 5.92 Å². The number of hydrogen-bond acceptors (Lipinski definition) is 3. The van der Waals surface area contributed by atoms with Crippen molar-refractivity contribution in [3.8, 4) is 0 Å². The van der Waals surface area contributed by atoms with Gasteiger partial charge in [0.05, 0.1) is 18.8 Å². The van der Waals surface area contributed by atoms with Crippen LogP contribution in [-0.2, 0) is 0 Å². The van der Waals surface area contributed by atoms with Crippen LogP contribution in [0.3, 0.4) is 0 Å². The molecule has 2 N–H and O–H groups in total. The fourth-order valence-corrected chi connectivity index (χ4v) is 3.26. The first-order valence-electron chi connectivity index (χ1n) is 7.99. The van der Waals surface area contributed by atoms with Crippen molar-refractivity contribution in [3.05, 3.63) is 48.0 Å². The third-order valence-electron chi connectivity index (χ3n) is 4.66. The SMILES string of the molecule is CC1(C)C=C[C@@H](NCC2CC2)N1C(CO)c1ccccc1. The molecular weight excluding hydrogens is 260 g/mol. The van der Waals surface area contributed by atoms with Crippen LogP contribution >= 0.6 is 0 Å². The van der Waals surface area contributed by atoms with Crippen LogP contribution in [0.4, 0.5) is 0 Å². The van der Waals surface area contributed by atoms with Gasteiger partial charge in [-0.25, -0.2) is 0 Å². The van der Waals surface area contributed by atoms with Crippen LogP contribution in [0.25, 0.3) is 0 Å². The highest BCUT2D eigenvalue weighted by Crippen LogP contribution is 2.36. The summed E-state index contributed by atoms with van der Waals surface area (Å²) in [5.41, 5.74) is 1.12. The average Bonchev–Trinajstić information content (AvgIpc) is 3.26. The van der Waals surface area contributed by atoms with Crippen LogP contribution in [0.1, 0.15) is 38.3 Å². The molecule has 3 rings (SSSR count). The molecule has 2 atom stereocenters. The zero-order valence-corrected chi connectivity index (χ0v) is 13.0. The molecule has 2 aliphatic rings. The third-order valence-corrected chi connectivity index (χ3v) is 4.66. The van der Waals surface area contributed by atoms with E-state index in [4.69, 9.17) is 0 Å². The Labute approximate surface area is 127 Å². The lowest BCUT2D eigenvalue weighted by atomic mass is 9.99. The summed E-state index contributed by atoms with van der Waals surface area (Å²) in [6.07, 6.45) is 7.42. The molecule has 1 aliphatic heterocycles. The number of benzene rings is 1. The summed E-state index contributed by atoms with van der Waals surface area (Å²) < 4.78 is 0. The monoisotopic (exact) mass is 286 g/mol. The molecule has 114 valence electrons. The molecule has 21 heavy (non-hydrogen) atoms. The molecule has 1 aliphatic carbocycles. The number of aliphatic hydroxyl groups is 1. The molecule has 1 fully saturated rings. The minimum Gasteiger partial charge on any atom is -0.394 e. The van der Waals surface area contributed by atoms with Crippen LogP contribution in [0.15, 0.2) is 42.5 Å². The largest absolute Gasteiger partial charge is 0.394 e. The van der Waals surface area contributed by atoms with Gasteiger partial charge in [-0.1, -0.05) is 42.5 Å². The van der Waals surface area contributed by atoms with Gasteiger partial charge < -0.3 is 5.11 Å². The third kappa shape index (κ3) is 3.20. The molecular formula is C18H26N2O. The highest BCUT2D eigenvalue weighted by molar-refractivity contribution is 5.24. The molecule has 3 heteroatoms. The molecule has 1 heterocycles. The predicted molar refractivity (Wildman–Crippen MR) is 85.8 cm³/mol. The number of nitrogens with one attached hydrogen (secondary N) is 1. The van der Waals surface area contributed by atoms with Crippen molar-refractivity contribution in [2.45, 2.75) is 44.4 Å². The normalized spacial score (nSPS) is 26.1. The van der Waals surface area contributed by atoms with Crippen LogP contribution in [0.5, 0.6) is 0 Å². The van der Waals surface area contributed by atoms with Gasteiger partial charge in [-0.15, -0.1) is 0 Å². The molecule has 0 aromatic heterocycles. The molecule has 0 amide bonds. The molecule has 3 nitrogen and oxygen atoms in total. The van der Waals surface area contributed by atoms with Gasteiger partial charge in [0.25, 0.3) is 0 Å². The summed E-state index contributed by atoms with van der Waals surface area (Å²) >= 11 is 0. The summed E-state index contributed by atoms with van der Waals surface area (Å²) in [7, 11) is 0. The fraction of sp³-hybridized carbons (Fsp3) is 0.556. The second-order valence-electron chi connectivity index (χ2n) is 6.83. The summed E-state index contributed by atoms with van der Waals surface area (Å²) in [5.74, 6) is 0.855. The Bertz CT molecular complexity index is 493. The Morgan fingerprint density at radius 2 is 2.00 bits per heavy atom. The van der Waals surface area contributed by atoms with Gasteiger partial charge in [-0.05, 0) is 44.7 Å². The lowest BCUT2D eigenvalue weighted by Gasteiger charge is -2.42. The van der Waals surface area contributed by atoms with E-state index >= 15 is 0 Å². The Balaban J connectivity index is 1.80. The van der Waals surface area contributed by atoms with E-state index in [-0.39, 0.29) is 24.4 Å². The second-order valence-corrected chi connectivity index (χ2v) is 6.83.